The van der Waals surface area contributed by atoms with Crippen LogP contribution >= 0.6 is 0 Å². The zero-order valence-corrected chi connectivity index (χ0v) is 9.58. The van der Waals surface area contributed by atoms with Crippen molar-refractivity contribution in [1.29, 1.82) is 0 Å². The summed E-state index contributed by atoms with van der Waals surface area (Å²) in [6, 6.07) is 0. The van der Waals surface area contributed by atoms with E-state index in [1.165, 1.54) is 0 Å². The number of ether oxygens (including phenoxy) is 1. The van der Waals surface area contributed by atoms with Gasteiger partial charge in [0.05, 0.1) is 6.61 Å². The average Bonchev–Trinajstić information content (AvgIpc) is 2.60. The molecule has 1 amide bonds. The van der Waals surface area contributed by atoms with E-state index in [9.17, 15) is 18.0 Å². The Labute approximate surface area is 101 Å². The first-order valence-corrected chi connectivity index (χ1v) is 5.12. The number of nitrogens with one attached hydrogen (secondary N) is 1. The van der Waals surface area contributed by atoms with Crippen LogP contribution in [0.15, 0.2) is 0 Å². The molecule has 2 aliphatic rings. The van der Waals surface area contributed by atoms with Gasteiger partial charge in [-0.05, 0) is 0 Å². The van der Waals surface area contributed by atoms with E-state index >= 15 is 0 Å². The Morgan fingerprint density at radius 1 is 1.39 bits per heavy atom. The third-order valence-corrected chi connectivity index (χ3v) is 2.60. The predicted molar refractivity (Wildman–Crippen MR) is 52.6 cm³/mol. The molecule has 0 aliphatic carbocycles. The van der Waals surface area contributed by atoms with Gasteiger partial charge in [-0.25, -0.2) is 4.79 Å². The molecule has 0 aromatic carbocycles. The average molecular weight is 270 g/mol. The minimum Gasteiger partial charge on any atom is -0.475 e. The van der Waals surface area contributed by atoms with Crippen LogP contribution in [-0.4, -0.2) is 60.0 Å². The molecule has 0 bridgehead atoms. The summed E-state index contributed by atoms with van der Waals surface area (Å²) in [6.07, 6.45) is -5.08. The summed E-state index contributed by atoms with van der Waals surface area (Å²) in [5, 5.41) is 10.2. The number of carboxylic acids is 1. The van der Waals surface area contributed by atoms with E-state index in [-0.39, 0.29) is 11.6 Å². The number of hydrogen-bond donors (Lipinski definition) is 2. The molecule has 18 heavy (non-hydrogen) atoms. The van der Waals surface area contributed by atoms with Gasteiger partial charge in [-0.3, -0.25) is 4.79 Å². The van der Waals surface area contributed by atoms with Gasteiger partial charge in [0.25, 0.3) is 0 Å². The van der Waals surface area contributed by atoms with Crippen LogP contribution in [-0.2, 0) is 14.3 Å². The van der Waals surface area contributed by atoms with Crippen LogP contribution < -0.4 is 5.32 Å². The lowest BCUT2D eigenvalue weighted by Crippen LogP contribution is -2.68. The highest BCUT2D eigenvalue weighted by Crippen LogP contribution is 2.26. The first-order chi connectivity index (χ1) is 8.19. The van der Waals surface area contributed by atoms with E-state index in [4.69, 9.17) is 14.6 Å². The Morgan fingerprint density at radius 3 is 2.11 bits per heavy atom. The van der Waals surface area contributed by atoms with E-state index in [1.807, 2.05) is 4.90 Å². The van der Waals surface area contributed by atoms with Crippen LogP contribution in [0.1, 0.15) is 6.92 Å². The maximum Gasteiger partial charge on any atom is 0.490 e. The summed E-state index contributed by atoms with van der Waals surface area (Å²) in [5.74, 6) is -2.64. The van der Waals surface area contributed by atoms with E-state index in [0.29, 0.717) is 6.61 Å². The van der Waals surface area contributed by atoms with Crippen molar-refractivity contribution in [3.8, 4) is 0 Å². The Hall–Kier alpha value is -1.35. The zero-order chi connectivity index (χ0) is 14.0. The third kappa shape index (κ3) is 3.10. The van der Waals surface area contributed by atoms with Gasteiger partial charge in [-0.2, -0.15) is 13.2 Å². The maximum absolute atomic E-state index is 11.1. The molecule has 2 rings (SSSR count). The Morgan fingerprint density at radius 2 is 1.89 bits per heavy atom. The molecule has 0 unspecified atom stereocenters. The summed E-state index contributed by atoms with van der Waals surface area (Å²) < 4.78 is 37.2. The number of amides is 1. The minimum atomic E-state index is -5.08. The lowest BCUT2D eigenvalue weighted by molar-refractivity contribution is -0.192. The molecule has 0 radical (unpaired) electrons. The van der Waals surface area contributed by atoms with E-state index in [2.05, 4.69) is 5.32 Å². The van der Waals surface area contributed by atoms with E-state index in [0.717, 1.165) is 19.6 Å². The second kappa shape index (κ2) is 5.11. The lowest BCUT2D eigenvalue weighted by Gasteiger charge is -2.44. The molecule has 2 saturated heterocycles. The molecule has 2 aliphatic heterocycles. The van der Waals surface area contributed by atoms with Gasteiger partial charge in [0.2, 0.25) is 5.91 Å². The summed E-state index contributed by atoms with van der Waals surface area (Å²) in [7, 11) is 0. The Balaban J connectivity index is 0.000000203. The molecule has 104 valence electrons. The number of rotatable bonds is 0. The quantitative estimate of drug-likeness (QED) is 0.637. The van der Waals surface area contributed by atoms with Crippen molar-refractivity contribution in [1.82, 2.24) is 10.2 Å². The fraction of sp³-hybridized carbons (Fsp3) is 0.778. The molecule has 9 heteroatoms. The molecule has 0 atom stereocenters. The standard InChI is InChI=1S/C7H12N2O2.C2HF3O2/c1-6(10)9-2-3-11-7(9)4-8-5-7;3-2(4,5)1(6)7/h8H,2-5H2,1H3;(H,6,7). The molecule has 0 aromatic heterocycles. The number of halogens is 3. The summed E-state index contributed by atoms with van der Waals surface area (Å²) in [6.45, 7) is 4.59. The highest BCUT2D eigenvalue weighted by Gasteiger charge is 2.48. The lowest BCUT2D eigenvalue weighted by atomic mass is 10.1. The smallest absolute Gasteiger partial charge is 0.475 e. The number of nitrogens with zero attached hydrogens (tertiary/aromatic N) is 1. The molecule has 2 N–H and O–H groups in total. The highest BCUT2D eigenvalue weighted by molar-refractivity contribution is 5.74. The molecule has 6 nitrogen and oxygen atoms in total. The SMILES string of the molecule is CC(=O)N1CCOC12CNC2.O=C(O)C(F)(F)F. The van der Waals surface area contributed by atoms with Crippen molar-refractivity contribution in [3.63, 3.8) is 0 Å². The van der Waals surface area contributed by atoms with Crippen molar-refractivity contribution in [2.45, 2.75) is 18.8 Å². The van der Waals surface area contributed by atoms with Crippen LogP contribution in [0.2, 0.25) is 0 Å². The van der Waals surface area contributed by atoms with Crippen molar-refractivity contribution < 1.29 is 32.6 Å². The number of aliphatic carboxylic acids is 1. The normalized spacial score (nSPS) is 21.0. The van der Waals surface area contributed by atoms with Crippen molar-refractivity contribution in [2.24, 2.45) is 0 Å². The van der Waals surface area contributed by atoms with Gasteiger partial charge < -0.3 is 20.1 Å². The fourth-order valence-electron chi connectivity index (χ4n) is 1.68. The Bertz CT molecular complexity index is 341. The van der Waals surface area contributed by atoms with Gasteiger partial charge in [0, 0.05) is 26.6 Å². The topological polar surface area (TPSA) is 78.9 Å². The number of alkyl halides is 3. The first kappa shape index (κ1) is 14.7. The highest BCUT2D eigenvalue weighted by atomic mass is 19.4. The summed E-state index contributed by atoms with van der Waals surface area (Å²) >= 11 is 0. The summed E-state index contributed by atoms with van der Waals surface area (Å²) in [4.78, 5) is 21.8. The molecule has 2 heterocycles. The molecule has 2 fully saturated rings. The summed E-state index contributed by atoms with van der Waals surface area (Å²) in [5.41, 5.74) is -0.272. The van der Waals surface area contributed by atoms with Gasteiger partial charge >= 0.3 is 12.1 Å². The molecular weight excluding hydrogens is 257 g/mol. The largest absolute Gasteiger partial charge is 0.490 e. The van der Waals surface area contributed by atoms with Crippen LogP contribution in [0.3, 0.4) is 0 Å². The van der Waals surface area contributed by atoms with Crippen molar-refractivity contribution >= 4 is 11.9 Å². The monoisotopic (exact) mass is 270 g/mol. The first-order valence-electron chi connectivity index (χ1n) is 5.12. The van der Waals surface area contributed by atoms with E-state index < -0.39 is 12.1 Å². The van der Waals surface area contributed by atoms with Gasteiger partial charge in [0.15, 0.2) is 5.72 Å². The third-order valence-electron chi connectivity index (χ3n) is 2.60. The van der Waals surface area contributed by atoms with Crippen molar-refractivity contribution in [3.05, 3.63) is 0 Å². The van der Waals surface area contributed by atoms with E-state index in [1.54, 1.807) is 6.92 Å². The number of hydrogen-bond acceptors (Lipinski definition) is 4. The zero-order valence-electron chi connectivity index (χ0n) is 9.58. The fourth-order valence-corrected chi connectivity index (χ4v) is 1.68. The molecule has 1 spiro atoms. The van der Waals surface area contributed by atoms with Crippen LogP contribution in [0.25, 0.3) is 0 Å². The molecule has 0 aromatic rings. The number of carbonyl (C=O) groups is 2. The predicted octanol–water partition coefficient (Wildman–Crippen LogP) is -0.202. The maximum atomic E-state index is 11.1. The van der Waals surface area contributed by atoms with Gasteiger partial charge in [0.1, 0.15) is 0 Å². The van der Waals surface area contributed by atoms with Gasteiger partial charge in [-0.15, -0.1) is 0 Å². The molecule has 0 saturated carbocycles. The minimum absolute atomic E-state index is 0.115. The molecular formula is C9H13F3N2O4. The number of carbonyl (C=O) groups excluding carboxylic acids is 1. The van der Waals surface area contributed by atoms with Crippen LogP contribution in [0.5, 0.6) is 0 Å². The van der Waals surface area contributed by atoms with Crippen molar-refractivity contribution in [2.75, 3.05) is 26.2 Å². The Kier molecular flexibility index (Phi) is 4.17. The van der Waals surface area contributed by atoms with Crippen LogP contribution in [0.4, 0.5) is 13.2 Å². The van der Waals surface area contributed by atoms with Crippen LogP contribution in [0, 0.1) is 0 Å². The second-order valence-electron chi connectivity index (χ2n) is 3.87. The second-order valence-corrected chi connectivity index (χ2v) is 3.87. The van der Waals surface area contributed by atoms with Gasteiger partial charge in [-0.1, -0.05) is 0 Å². The number of carboxylic acid groups (broad SMARTS) is 1.